The van der Waals surface area contributed by atoms with Gasteiger partial charge in [0.15, 0.2) is 5.78 Å². The summed E-state index contributed by atoms with van der Waals surface area (Å²) in [4.78, 5) is 14.4. The van der Waals surface area contributed by atoms with Crippen molar-refractivity contribution in [1.82, 2.24) is 4.90 Å². The summed E-state index contributed by atoms with van der Waals surface area (Å²) in [5.41, 5.74) is 2.08. The SMILES string of the molecule is C#CC1CC2C3CCC4=CC(=O)CCC4(C)C3CCC2(C)C1N(C)C. The van der Waals surface area contributed by atoms with Gasteiger partial charge in [-0.3, -0.25) is 4.79 Å². The topological polar surface area (TPSA) is 20.3 Å². The third kappa shape index (κ3) is 2.31. The van der Waals surface area contributed by atoms with E-state index in [1.807, 2.05) is 6.08 Å². The highest BCUT2D eigenvalue weighted by Crippen LogP contribution is 2.66. The third-order valence-electron chi connectivity index (χ3n) is 8.73. The number of carbonyl (C=O) groups is 1. The van der Waals surface area contributed by atoms with E-state index >= 15 is 0 Å². The fourth-order valence-corrected chi connectivity index (χ4v) is 7.69. The normalized spacial score (nSPS) is 49.0. The van der Waals surface area contributed by atoms with E-state index in [0.29, 0.717) is 23.2 Å². The van der Waals surface area contributed by atoms with Crippen LogP contribution >= 0.6 is 0 Å². The highest BCUT2D eigenvalue weighted by Gasteiger charge is 2.61. The van der Waals surface area contributed by atoms with Crippen LogP contribution in [0.3, 0.4) is 0 Å². The van der Waals surface area contributed by atoms with E-state index in [9.17, 15) is 4.79 Å². The Hall–Kier alpha value is -1.07. The van der Waals surface area contributed by atoms with Crippen LogP contribution in [0.4, 0.5) is 0 Å². The fraction of sp³-hybridized carbons (Fsp3) is 0.783. The van der Waals surface area contributed by atoms with Gasteiger partial charge < -0.3 is 4.90 Å². The molecule has 0 aromatic heterocycles. The van der Waals surface area contributed by atoms with Crippen molar-refractivity contribution in [2.45, 2.75) is 64.8 Å². The zero-order valence-electron chi connectivity index (χ0n) is 16.3. The molecule has 0 radical (unpaired) electrons. The minimum absolute atomic E-state index is 0.264. The van der Waals surface area contributed by atoms with Crippen molar-refractivity contribution < 1.29 is 4.79 Å². The molecule has 0 N–H and O–H groups in total. The van der Waals surface area contributed by atoms with E-state index in [2.05, 4.69) is 38.8 Å². The lowest BCUT2D eigenvalue weighted by molar-refractivity contribution is -0.117. The molecule has 136 valence electrons. The molecule has 0 aromatic carbocycles. The lowest BCUT2D eigenvalue weighted by Gasteiger charge is -2.58. The van der Waals surface area contributed by atoms with Gasteiger partial charge in [-0.25, -0.2) is 0 Å². The zero-order chi connectivity index (χ0) is 18.0. The second-order valence-electron chi connectivity index (χ2n) is 9.93. The van der Waals surface area contributed by atoms with Crippen LogP contribution in [-0.2, 0) is 4.79 Å². The average molecular weight is 340 g/mol. The standard InChI is InChI=1S/C23H33NO/c1-6-15-13-20-18-8-7-16-14-17(25)9-11-22(16,2)19(18)10-12-23(20,3)21(15)24(4)5/h1,14-15,18-21H,7-13H2,2-5H3. The number of nitrogens with zero attached hydrogens (tertiary/aromatic N) is 1. The highest BCUT2D eigenvalue weighted by atomic mass is 16.1. The first kappa shape index (κ1) is 17.3. The summed E-state index contributed by atoms with van der Waals surface area (Å²) in [6, 6.07) is 0.515. The Bertz CT molecular complexity index is 655. The number of rotatable bonds is 1. The van der Waals surface area contributed by atoms with E-state index in [-0.39, 0.29) is 5.41 Å². The van der Waals surface area contributed by atoms with Crippen LogP contribution in [0.5, 0.6) is 0 Å². The van der Waals surface area contributed by atoms with Gasteiger partial charge in [0.2, 0.25) is 0 Å². The summed E-state index contributed by atoms with van der Waals surface area (Å²) in [5.74, 6) is 6.17. The molecule has 7 unspecified atom stereocenters. The number of hydrogen-bond donors (Lipinski definition) is 0. The molecule has 0 aliphatic heterocycles. The molecular formula is C23H33NO. The van der Waals surface area contributed by atoms with Gasteiger partial charge in [-0.2, -0.15) is 0 Å². The molecule has 0 bridgehead atoms. The van der Waals surface area contributed by atoms with Gasteiger partial charge in [-0.15, -0.1) is 12.3 Å². The lowest BCUT2D eigenvalue weighted by Crippen LogP contribution is -2.53. The smallest absolute Gasteiger partial charge is 0.155 e. The maximum absolute atomic E-state index is 11.9. The van der Waals surface area contributed by atoms with Crippen LogP contribution in [0.2, 0.25) is 0 Å². The van der Waals surface area contributed by atoms with E-state index in [1.54, 1.807) is 0 Å². The van der Waals surface area contributed by atoms with Gasteiger partial charge in [-0.05, 0) is 87.3 Å². The van der Waals surface area contributed by atoms with Gasteiger partial charge in [-0.1, -0.05) is 19.4 Å². The second kappa shape index (κ2) is 5.71. The minimum Gasteiger partial charge on any atom is -0.305 e. The molecule has 0 heterocycles. The predicted octanol–water partition coefficient (Wildman–Crippen LogP) is 4.31. The summed E-state index contributed by atoms with van der Waals surface area (Å²) in [6.45, 7) is 4.98. The van der Waals surface area contributed by atoms with Crippen molar-refractivity contribution in [2.24, 2.45) is 34.5 Å². The maximum Gasteiger partial charge on any atom is 0.155 e. The van der Waals surface area contributed by atoms with Crippen LogP contribution in [0.15, 0.2) is 11.6 Å². The zero-order valence-corrected chi connectivity index (χ0v) is 16.3. The summed E-state index contributed by atoms with van der Waals surface area (Å²) in [7, 11) is 4.43. The van der Waals surface area contributed by atoms with E-state index in [0.717, 1.165) is 37.0 Å². The second-order valence-corrected chi connectivity index (χ2v) is 9.93. The molecule has 0 spiro atoms. The predicted molar refractivity (Wildman–Crippen MR) is 102 cm³/mol. The fourth-order valence-electron chi connectivity index (χ4n) is 7.69. The Morgan fingerprint density at radius 1 is 1.16 bits per heavy atom. The van der Waals surface area contributed by atoms with Gasteiger partial charge in [0.1, 0.15) is 0 Å². The van der Waals surface area contributed by atoms with E-state index in [1.165, 1.54) is 31.3 Å². The average Bonchev–Trinajstić information content (AvgIpc) is 2.88. The van der Waals surface area contributed by atoms with Crippen molar-refractivity contribution >= 4 is 5.78 Å². The first-order valence-corrected chi connectivity index (χ1v) is 10.2. The summed E-state index contributed by atoms with van der Waals surface area (Å²) < 4.78 is 0. The number of fused-ring (bicyclic) bond motifs is 5. The molecule has 2 heteroatoms. The van der Waals surface area contributed by atoms with Crippen LogP contribution in [0, 0.1) is 46.8 Å². The van der Waals surface area contributed by atoms with E-state index < -0.39 is 0 Å². The lowest BCUT2D eigenvalue weighted by atomic mass is 9.47. The molecular weight excluding hydrogens is 306 g/mol. The Morgan fingerprint density at radius 2 is 1.92 bits per heavy atom. The Morgan fingerprint density at radius 3 is 2.60 bits per heavy atom. The number of terminal acetylenes is 1. The Kier molecular flexibility index (Phi) is 3.97. The quantitative estimate of drug-likeness (QED) is 0.664. The van der Waals surface area contributed by atoms with Crippen molar-refractivity contribution in [2.75, 3.05) is 14.1 Å². The molecule has 2 nitrogen and oxygen atoms in total. The van der Waals surface area contributed by atoms with Crippen molar-refractivity contribution in [1.29, 1.82) is 0 Å². The number of hydrogen-bond acceptors (Lipinski definition) is 2. The summed E-state index contributed by atoms with van der Waals surface area (Å²) in [5, 5.41) is 0. The molecule has 4 rings (SSSR count). The van der Waals surface area contributed by atoms with Crippen molar-refractivity contribution in [3.63, 3.8) is 0 Å². The third-order valence-corrected chi connectivity index (χ3v) is 8.73. The molecule has 0 aromatic rings. The molecule has 3 fully saturated rings. The van der Waals surface area contributed by atoms with Gasteiger partial charge >= 0.3 is 0 Å². The largest absolute Gasteiger partial charge is 0.305 e. The first-order chi connectivity index (χ1) is 11.8. The molecule has 4 aliphatic carbocycles. The Balaban J connectivity index is 1.69. The molecule has 25 heavy (non-hydrogen) atoms. The van der Waals surface area contributed by atoms with Gasteiger partial charge in [0, 0.05) is 18.4 Å². The first-order valence-electron chi connectivity index (χ1n) is 10.2. The van der Waals surface area contributed by atoms with Gasteiger partial charge in [0.05, 0.1) is 0 Å². The maximum atomic E-state index is 11.9. The molecule has 0 saturated heterocycles. The summed E-state index contributed by atoms with van der Waals surface area (Å²) in [6.07, 6.45) is 16.0. The van der Waals surface area contributed by atoms with Crippen LogP contribution in [0.1, 0.15) is 58.8 Å². The minimum atomic E-state index is 0.264. The monoisotopic (exact) mass is 339 g/mol. The van der Waals surface area contributed by atoms with Crippen LogP contribution in [-0.4, -0.2) is 30.8 Å². The summed E-state index contributed by atoms with van der Waals surface area (Å²) >= 11 is 0. The molecule has 4 aliphatic rings. The van der Waals surface area contributed by atoms with Gasteiger partial charge in [0.25, 0.3) is 0 Å². The molecule has 7 atom stereocenters. The van der Waals surface area contributed by atoms with Crippen molar-refractivity contribution in [3.05, 3.63) is 11.6 Å². The number of ketones is 1. The molecule has 3 saturated carbocycles. The molecule has 0 amide bonds. The van der Waals surface area contributed by atoms with Crippen LogP contribution in [0.25, 0.3) is 0 Å². The van der Waals surface area contributed by atoms with E-state index in [4.69, 9.17) is 6.42 Å². The number of allylic oxidation sites excluding steroid dienone is 1. The van der Waals surface area contributed by atoms with Crippen molar-refractivity contribution in [3.8, 4) is 12.3 Å². The Labute approximate surface area is 153 Å². The number of carbonyl (C=O) groups excluding carboxylic acids is 1. The highest BCUT2D eigenvalue weighted by molar-refractivity contribution is 5.91. The van der Waals surface area contributed by atoms with Crippen LogP contribution < -0.4 is 0 Å².